The van der Waals surface area contributed by atoms with Gasteiger partial charge in [-0.25, -0.2) is 13.2 Å². The van der Waals surface area contributed by atoms with Crippen molar-refractivity contribution >= 4 is 17.5 Å². The normalized spacial score (nSPS) is 16.8. The molecule has 1 N–H and O–H groups in total. The summed E-state index contributed by atoms with van der Waals surface area (Å²) in [6.45, 7) is 0.393. The molecule has 1 fully saturated rings. The maximum atomic E-state index is 13.9. The van der Waals surface area contributed by atoms with Crippen LogP contribution in [-0.2, 0) is 16.0 Å². The highest BCUT2D eigenvalue weighted by Crippen LogP contribution is 2.28. The molecule has 1 aliphatic rings. The Bertz CT molecular complexity index is 824. The fourth-order valence-corrected chi connectivity index (χ4v) is 2.94. The molecule has 2 aromatic rings. The third-order valence-corrected chi connectivity index (χ3v) is 4.32. The van der Waals surface area contributed by atoms with Crippen molar-refractivity contribution in [2.45, 2.75) is 12.8 Å². The minimum atomic E-state index is -0.837. The highest BCUT2D eigenvalue weighted by atomic mass is 19.1. The third kappa shape index (κ3) is 4.04. The van der Waals surface area contributed by atoms with Gasteiger partial charge in [-0.15, -0.1) is 0 Å². The number of hydrogen-bond acceptors (Lipinski definition) is 2. The van der Waals surface area contributed by atoms with E-state index in [0.717, 1.165) is 11.6 Å². The van der Waals surface area contributed by atoms with Gasteiger partial charge in [-0.2, -0.15) is 0 Å². The molecule has 1 unspecified atom stereocenters. The standard InChI is InChI=1S/C19H17F3N2O2/c20-14-3-1-12(2-4-14)7-8-23-19(26)13-9-18(25)24(11-13)17-6-5-15(21)10-16(17)22/h1-6,10,13H,7-9,11H2,(H,23,26). The maximum Gasteiger partial charge on any atom is 0.227 e. The Labute approximate surface area is 148 Å². The Morgan fingerprint density at radius 2 is 1.77 bits per heavy atom. The van der Waals surface area contributed by atoms with Crippen molar-refractivity contribution in [1.82, 2.24) is 5.32 Å². The van der Waals surface area contributed by atoms with Crippen LogP contribution in [-0.4, -0.2) is 24.9 Å². The number of nitrogens with zero attached hydrogens (tertiary/aromatic N) is 1. The maximum absolute atomic E-state index is 13.9. The molecule has 0 radical (unpaired) electrons. The average Bonchev–Trinajstić information content (AvgIpc) is 2.98. The van der Waals surface area contributed by atoms with Crippen LogP contribution >= 0.6 is 0 Å². The number of rotatable bonds is 5. The highest BCUT2D eigenvalue weighted by molar-refractivity contribution is 6.00. The summed E-state index contributed by atoms with van der Waals surface area (Å²) >= 11 is 0. The average molecular weight is 362 g/mol. The summed E-state index contributed by atoms with van der Waals surface area (Å²) in [5.41, 5.74) is 0.849. The fraction of sp³-hybridized carbons (Fsp3) is 0.263. The lowest BCUT2D eigenvalue weighted by Gasteiger charge is -2.17. The number of amides is 2. The van der Waals surface area contributed by atoms with E-state index in [4.69, 9.17) is 0 Å². The number of hydrogen-bond donors (Lipinski definition) is 1. The van der Waals surface area contributed by atoms with Gasteiger partial charge in [0.05, 0.1) is 11.6 Å². The molecule has 1 saturated heterocycles. The predicted octanol–water partition coefficient (Wildman–Crippen LogP) is 2.82. The molecule has 2 aromatic carbocycles. The molecule has 1 atom stereocenters. The van der Waals surface area contributed by atoms with Crippen molar-refractivity contribution in [2.75, 3.05) is 18.0 Å². The Morgan fingerprint density at radius 3 is 2.46 bits per heavy atom. The Kier molecular flexibility index (Phi) is 5.25. The number of anilines is 1. The van der Waals surface area contributed by atoms with Gasteiger partial charge in [0, 0.05) is 25.6 Å². The zero-order valence-corrected chi connectivity index (χ0v) is 13.8. The molecule has 3 rings (SSSR count). The van der Waals surface area contributed by atoms with Crippen molar-refractivity contribution < 1.29 is 22.8 Å². The van der Waals surface area contributed by atoms with E-state index >= 15 is 0 Å². The smallest absolute Gasteiger partial charge is 0.227 e. The largest absolute Gasteiger partial charge is 0.355 e. The van der Waals surface area contributed by atoms with Crippen molar-refractivity contribution in [1.29, 1.82) is 0 Å². The highest BCUT2D eigenvalue weighted by Gasteiger charge is 2.36. The molecule has 2 amide bonds. The molecule has 0 aliphatic carbocycles. The minimum absolute atomic E-state index is 0.0286. The summed E-state index contributed by atoms with van der Waals surface area (Å²) < 4.78 is 39.7. The van der Waals surface area contributed by atoms with Crippen LogP contribution in [0, 0.1) is 23.4 Å². The molecule has 7 heteroatoms. The molecule has 1 aliphatic heterocycles. The first-order chi connectivity index (χ1) is 12.4. The van der Waals surface area contributed by atoms with Crippen molar-refractivity contribution in [2.24, 2.45) is 5.92 Å². The van der Waals surface area contributed by atoms with E-state index in [1.165, 1.54) is 23.1 Å². The van der Waals surface area contributed by atoms with Crippen molar-refractivity contribution in [3.8, 4) is 0 Å². The number of carbonyl (C=O) groups excluding carboxylic acids is 2. The second kappa shape index (κ2) is 7.59. The summed E-state index contributed by atoms with van der Waals surface area (Å²) in [5.74, 6) is -3.17. The van der Waals surface area contributed by atoms with E-state index in [9.17, 15) is 22.8 Å². The van der Waals surface area contributed by atoms with Gasteiger partial charge in [-0.1, -0.05) is 12.1 Å². The molecular formula is C19H17F3N2O2. The molecule has 0 saturated carbocycles. The minimum Gasteiger partial charge on any atom is -0.355 e. The predicted molar refractivity (Wildman–Crippen MR) is 89.9 cm³/mol. The quantitative estimate of drug-likeness (QED) is 0.889. The third-order valence-electron chi connectivity index (χ3n) is 4.32. The van der Waals surface area contributed by atoms with Crippen molar-refractivity contribution in [3.63, 3.8) is 0 Å². The van der Waals surface area contributed by atoms with Gasteiger partial charge in [0.15, 0.2) is 0 Å². The first kappa shape index (κ1) is 18.0. The number of halogens is 3. The van der Waals surface area contributed by atoms with Crippen LogP contribution in [0.4, 0.5) is 18.9 Å². The van der Waals surface area contributed by atoms with Gasteiger partial charge in [0.25, 0.3) is 0 Å². The van der Waals surface area contributed by atoms with Gasteiger partial charge >= 0.3 is 0 Å². The zero-order valence-electron chi connectivity index (χ0n) is 13.8. The molecule has 1 heterocycles. The summed E-state index contributed by atoms with van der Waals surface area (Å²) in [7, 11) is 0. The molecule has 0 spiro atoms. The van der Waals surface area contributed by atoms with Crippen LogP contribution in [0.2, 0.25) is 0 Å². The van der Waals surface area contributed by atoms with Crippen LogP contribution in [0.15, 0.2) is 42.5 Å². The Balaban J connectivity index is 1.56. The van der Waals surface area contributed by atoms with Gasteiger partial charge in [0.2, 0.25) is 11.8 Å². The van der Waals surface area contributed by atoms with Gasteiger partial charge < -0.3 is 10.2 Å². The van der Waals surface area contributed by atoms with Crippen LogP contribution in [0.25, 0.3) is 0 Å². The van der Waals surface area contributed by atoms with Gasteiger partial charge in [-0.3, -0.25) is 9.59 Å². The van der Waals surface area contributed by atoms with Crippen molar-refractivity contribution in [3.05, 3.63) is 65.5 Å². The van der Waals surface area contributed by atoms with E-state index in [1.54, 1.807) is 12.1 Å². The summed E-state index contributed by atoms with van der Waals surface area (Å²) in [6.07, 6.45) is 0.502. The molecule has 0 aromatic heterocycles. The molecule has 26 heavy (non-hydrogen) atoms. The van der Waals surface area contributed by atoms with Gasteiger partial charge in [-0.05, 0) is 36.2 Å². The second-order valence-corrected chi connectivity index (χ2v) is 6.17. The van der Waals surface area contributed by atoms with E-state index in [-0.39, 0.29) is 36.3 Å². The van der Waals surface area contributed by atoms with E-state index < -0.39 is 17.6 Å². The van der Waals surface area contributed by atoms with Gasteiger partial charge in [0.1, 0.15) is 17.5 Å². The zero-order chi connectivity index (χ0) is 18.7. The lowest BCUT2D eigenvalue weighted by Crippen LogP contribution is -2.34. The first-order valence-corrected chi connectivity index (χ1v) is 8.21. The number of carbonyl (C=O) groups is 2. The topological polar surface area (TPSA) is 49.4 Å². The Hall–Kier alpha value is -2.83. The summed E-state index contributed by atoms with van der Waals surface area (Å²) in [6, 6.07) is 8.95. The summed E-state index contributed by atoms with van der Waals surface area (Å²) in [4.78, 5) is 25.5. The lowest BCUT2D eigenvalue weighted by molar-refractivity contribution is -0.126. The first-order valence-electron chi connectivity index (χ1n) is 8.21. The van der Waals surface area contributed by atoms with Crippen LogP contribution < -0.4 is 10.2 Å². The second-order valence-electron chi connectivity index (χ2n) is 6.17. The molecule has 4 nitrogen and oxygen atoms in total. The fourth-order valence-electron chi connectivity index (χ4n) is 2.94. The number of benzene rings is 2. The monoisotopic (exact) mass is 362 g/mol. The van der Waals surface area contributed by atoms with Crippen LogP contribution in [0.3, 0.4) is 0 Å². The summed E-state index contributed by atoms with van der Waals surface area (Å²) in [5, 5.41) is 2.74. The lowest BCUT2D eigenvalue weighted by atomic mass is 10.1. The SMILES string of the molecule is O=C(NCCc1ccc(F)cc1)C1CC(=O)N(c2ccc(F)cc2F)C1. The number of nitrogens with one attached hydrogen (secondary N) is 1. The van der Waals surface area contributed by atoms with E-state index in [1.807, 2.05) is 0 Å². The van der Waals surface area contributed by atoms with Crippen LogP contribution in [0.5, 0.6) is 0 Å². The molecular weight excluding hydrogens is 345 g/mol. The molecule has 136 valence electrons. The Morgan fingerprint density at radius 1 is 1.08 bits per heavy atom. The van der Waals surface area contributed by atoms with E-state index in [2.05, 4.69) is 5.32 Å². The van der Waals surface area contributed by atoms with Crippen LogP contribution in [0.1, 0.15) is 12.0 Å². The van der Waals surface area contributed by atoms with E-state index in [0.29, 0.717) is 19.0 Å². The molecule has 0 bridgehead atoms.